The van der Waals surface area contributed by atoms with Crippen molar-refractivity contribution in [3.8, 4) is 0 Å². The molecule has 0 aliphatic carbocycles. The fourth-order valence-corrected chi connectivity index (χ4v) is 9.15. The standard InChI is InChI=1S/C68H115NO10/c1-4-7-10-13-16-19-22-24-26-28-30-31-32-34-36-38-41-44-47-50-53-56-63(73)79-66-65(75)64(74)62(57-70)78-68(66)77-58-59(60(71)54-51-48-45-42-39-21-18-15-12-9-6-3)69-67(76)61(72)55-52-49-46-43-40-37-35-33-29-27-25-23-20-17-14-11-8-5-2/h7,10,16-17,19-20,24-27,30-31,34,36,41,44,51,54,59-62,64-66,68,70-72,74-75H,4-6,8-9,11-15,18,21-23,28-29,32-33,35,37-40,42-43,45-50,52-53,55-58H2,1-3H3,(H,69,76)/b10-7-,19-16-,20-17-,26-24-,27-25-,31-30-,36-34-,44-41-,54-51+. The lowest BCUT2D eigenvalue weighted by atomic mass is 9.99. The second-order valence-corrected chi connectivity index (χ2v) is 21.4. The Morgan fingerprint density at radius 2 is 0.911 bits per heavy atom. The molecule has 8 unspecified atom stereocenters. The molecule has 0 aromatic rings. The number of rotatable bonds is 52. The summed E-state index contributed by atoms with van der Waals surface area (Å²) < 4.78 is 17.6. The van der Waals surface area contributed by atoms with Crippen molar-refractivity contribution in [2.75, 3.05) is 13.2 Å². The number of carbonyl (C=O) groups is 2. The van der Waals surface area contributed by atoms with Gasteiger partial charge in [-0.3, -0.25) is 9.59 Å². The molecule has 1 aliphatic heterocycles. The molecular formula is C68H115NO10. The van der Waals surface area contributed by atoms with Crippen molar-refractivity contribution in [3.63, 3.8) is 0 Å². The summed E-state index contributed by atoms with van der Waals surface area (Å²) in [6.45, 7) is 5.61. The van der Waals surface area contributed by atoms with E-state index in [0.29, 0.717) is 12.8 Å². The maximum absolute atomic E-state index is 13.4. The van der Waals surface area contributed by atoms with E-state index in [1.807, 2.05) is 6.08 Å². The van der Waals surface area contributed by atoms with Crippen molar-refractivity contribution >= 4 is 11.9 Å². The molecule has 1 heterocycles. The molecule has 1 rings (SSSR count). The molecule has 79 heavy (non-hydrogen) atoms. The Bertz CT molecular complexity index is 1700. The first-order valence-corrected chi connectivity index (χ1v) is 31.7. The molecule has 0 aromatic carbocycles. The number of ether oxygens (including phenoxy) is 3. The zero-order valence-electron chi connectivity index (χ0n) is 50.0. The molecular weight excluding hydrogens is 991 g/mol. The minimum absolute atomic E-state index is 0.0625. The van der Waals surface area contributed by atoms with Gasteiger partial charge in [0.2, 0.25) is 5.91 Å². The molecule has 8 atom stereocenters. The van der Waals surface area contributed by atoms with E-state index in [1.54, 1.807) is 6.08 Å². The Morgan fingerprint density at radius 1 is 0.506 bits per heavy atom. The van der Waals surface area contributed by atoms with Crippen molar-refractivity contribution in [1.82, 2.24) is 5.32 Å². The van der Waals surface area contributed by atoms with Crippen LogP contribution in [-0.2, 0) is 23.8 Å². The van der Waals surface area contributed by atoms with Crippen LogP contribution in [0.5, 0.6) is 0 Å². The van der Waals surface area contributed by atoms with Crippen LogP contribution >= 0.6 is 0 Å². The minimum Gasteiger partial charge on any atom is -0.454 e. The number of hydrogen-bond acceptors (Lipinski definition) is 10. The van der Waals surface area contributed by atoms with Crippen LogP contribution in [0.15, 0.2) is 109 Å². The monoisotopic (exact) mass is 1110 g/mol. The van der Waals surface area contributed by atoms with Gasteiger partial charge in [-0.2, -0.15) is 0 Å². The quantitative estimate of drug-likeness (QED) is 0.0195. The number of amides is 1. The highest BCUT2D eigenvalue weighted by molar-refractivity contribution is 5.80. The summed E-state index contributed by atoms with van der Waals surface area (Å²) in [7, 11) is 0. The molecule has 1 saturated heterocycles. The van der Waals surface area contributed by atoms with Gasteiger partial charge in [-0.05, 0) is 109 Å². The molecule has 11 heteroatoms. The second-order valence-electron chi connectivity index (χ2n) is 21.4. The first-order chi connectivity index (χ1) is 38.7. The van der Waals surface area contributed by atoms with Crippen molar-refractivity contribution < 1.29 is 49.3 Å². The zero-order chi connectivity index (χ0) is 57.5. The highest BCUT2D eigenvalue weighted by Gasteiger charge is 2.47. The molecule has 452 valence electrons. The molecule has 0 radical (unpaired) electrons. The van der Waals surface area contributed by atoms with Gasteiger partial charge in [-0.1, -0.05) is 239 Å². The zero-order valence-corrected chi connectivity index (χ0v) is 50.0. The summed E-state index contributed by atoms with van der Waals surface area (Å²) >= 11 is 0. The second kappa shape index (κ2) is 54.9. The molecule has 11 nitrogen and oxygen atoms in total. The Balaban J connectivity index is 2.69. The van der Waals surface area contributed by atoms with Gasteiger partial charge in [0.15, 0.2) is 12.4 Å². The van der Waals surface area contributed by atoms with E-state index in [9.17, 15) is 35.1 Å². The Labute approximate surface area is 481 Å². The van der Waals surface area contributed by atoms with E-state index in [2.05, 4.69) is 123 Å². The van der Waals surface area contributed by atoms with Gasteiger partial charge in [-0.15, -0.1) is 0 Å². The van der Waals surface area contributed by atoms with Crippen LogP contribution < -0.4 is 5.32 Å². The van der Waals surface area contributed by atoms with Gasteiger partial charge in [0.05, 0.1) is 25.4 Å². The lowest BCUT2D eigenvalue weighted by molar-refractivity contribution is -0.305. The number of hydrogen-bond donors (Lipinski definition) is 6. The normalized spacial score (nSPS) is 19.6. The smallest absolute Gasteiger partial charge is 0.306 e. The number of allylic oxidation sites excluding steroid dienone is 17. The van der Waals surface area contributed by atoms with Gasteiger partial charge >= 0.3 is 5.97 Å². The van der Waals surface area contributed by atoms with Gasteiger partial charge in [0.1, 0.15) is 24.4 Å². The van der Waals surface area contributed by atoms with E-state index in [1.165, 1.54) is 89.9 Å². The summed E-state index contributed by atoms with van der Waals surface area (Å²) in [5, 5.41) is 57.0. The fraction of sp³-hybridized carbons (Fsp3) is 0.706. The Kier molecular flexibility index (Phi) is 50.9. The van der Waals surface area contributed by atoms with Crippen LogP contribution in [0.2, 0.25) is 0 Å². The summed E-state index contributed by atoms with van der Waals surface area (Å²) in [6, 6.07) is -1.04. The van der Waals surface area contributed by atoms with Crippen LogP contribution in [0.25, 0.3) is 0 Å². The van der Waals surface area contributed by atoms with Crippen molar-refractivity contribution in [2.24, 2.45) is 0 Å². The van der Waals surface area contributed by atoms with Crippen LogP contribution in [0.1, 0.15) is 245 Å². The number of carbonyl (C=O) groups excluding carboxylic acids is 2. The maximum Gasteiger partial charge on any atom is 0.306 e. The molecule has 6 N–H and O–H groups in total. The average molecular weight is 1110 g/mol. The molecule has 1 amide bonds. The molecule has 1 aliphatic rings. The SMILES string of the molecule is CC/C=C\C/C=C\C/C=C\C/C=C\C/C=C\C/C=C\CCCCC(=O)OC1C(OCC(NC(=O)C(O)CCCCCCCCCC/C=C\C/C=C\CCCCC)C(O)/C=C/CCCCCCCCCCC)OC(CO)C(O)C1O. The topological polar surface area (TPSA) is 175 Å². The van der Waals surface area contributed by atoms with Crippen LogP contribution in [0, 0.1) is 0 Å². The predicted molar refractivity (Wildman–Crippen MR) is 328 cm³/mol. The van der Waals surface area contributed by atoms with Gasteiger partial charge in [0, 0.05) is 6.42 Å². The van der Waals surface area contributed by atoms with Crippen molar-refractivity contribution in [1.29, 1.82) is 0 Å². The fourth-order valence-electron chi connectivity index (χ4n) is 9.15. The number of esters is 1. The third kappa shape index (κ3) is 42.8. The first kappa shape index (κ1) is 73.3. The Hall–Kier alpha value is -3.68. The number of unbranched alkanes of at least 4 members (excludes halogenated alkanes) is 22. The van der Waals surface area contributed by atoms with Gasteiger partial charge in [-0.25, -0.2) is 0 Å². The van der Waals surface area contributed by atoms with E-state index in [0.717, 1.165) is 109 Å². The lowest BCUT2D eigenvalue weighted by Gasteiger charge is -2.41. The minimum atomic E-state index is -1.64. The van der Waals surface area contributed by atoms with Gasteiger partial charge < -0.3 is 45.1 Å². The third-order valence-corrected chi connectivity index (χ3v) is 14.2. The Morgan fingerprint density at radius 3 is 1.39 bits per heavy atom. The highest BCUT2D eigenvalue weighted by Crippen LogP contribution is 2.26. The highest BCUT2D eigenvalue weighted by atomic mass is 16.7. The average Bonchev–Trinajstić information content (AvgIpc) is 3.47. The van der Waals surface area contributed by atoms with Gasteiger partial charge in [0.25, 0.3) is 0 Å². The molecule has 0 bridgehead atoms. The molecule has 1 fully saturated rings. The largest absolute Gasteiger partial charge is 0.454 e. The van der Waals surface area contributed by atoms with E-state index in [-0.39, 0.29) is 19.4 Å². The van der Waals surface area contributed by atoms with E-state index >= 15 is 0 Å². The van der Waals surface area contributed by atoms with Crippen LogP contribution in [-0.4, -0.2) is 99.6 Å². The summed E-state index contributed by atoms with van der Waals surface area (Å²) in [6.07, 6.45) is 64.1. The summed E-state index contributed by atoms with van der Waals surface area (Å²) in [5.41, 5.74) is 0. The molecule has 0 spiro atoms. The number of aliphatic hydroxyl groups is 5. The van der Waals surface area contributed by atoms with Crippen molar-refractivity contribution in [2.45, 2.75) is 294 Å². The molecule has 0 aromatic heterocycles. The van der Waals surface area contributed by atoms with E-state index < -0.39 is 67.4 Å². The maximum atomic E-state index is 13.4. The molecule has 0 saturated carbocycles. The number of aliphatic hydroxyl groups excluding tert-OH is 5. The van der Waals surface area contributed by atoms with Crippen LogP contribution in [0.4, 0.5) is 0 Å². The van der Waals surface area contributed by atoms with Crippen LogP contribution in [0.3, 0.4) is 0 Å². The summed E-state index contributed by atoms with van der Waals surface area (Å²) in [4.78, 5) is 26.5. The number of nitrogens with one attached hydrogen (secondary N) is 1. The third-order valence-electron chi connectivity index (χ3n) is 14.2. The first-order valence-electron chi connectivity index (χ1n) is 31.7. The lowest BCUT2D eigenvalue weighted by Crippen LogP contribution is -2.61. The summed E-state index contributed by atoms with van der Waals surface area (Å²) in [5.74, 6) is -1.25. The van der Waals surface area contributed by atoms with Crippen molar-refractivity contribution in [3.05, 3.63) is 109 Å². The predicted octanol–water partition coefficient (Wildman–Crippen LogP) is 15.3. The van der Waals surface area contributed by atoms with E-state index in [4.69, 9.17) is 14.2 Å².